The van der Waals surface area contributed by atoms with Crippen LogP contribution in [0, 0.1) is 10.1 Å². The molecule has 1 N–H and O–H groups in total. The second-order valence-corrected chi connectivity index (χ2v) is 14.3. The number of nitro groups is 1. The van der Waals surface area contributed by atoms with Gasteiger partial charge in [-0.05, 0) is 95.0 Å². The molecule has 0 bridgehead atoms. The number of hydrogen-bond donors (Lipinski definition) is 1. The molecule has 0 aliphatic carbocycles. The van der Waals surface area contributed by atoms with Gasteiger partial charge >= 0.3 is 10.5 Å². The molecule has 1 unspecified atom stereocenters. The molecular weight excluding hydrogens is 685 g/mol. The summed E-state index contributed by atoms with van der Waals surface area (Å²) in [4.78, 5) is 30.5. The van der Waals surface area contributed by atoms with Gasteiger partial charge in [0.2, 0.25) is 0 Å². The van der Waals surface area contributed by atoms with E-state index in [1.165, 1.54) is 16.5 Å². The van der Waals surface area contributed by atoms with Gasteiger partial charge in [0.25, 0.3) is 11.6 Å². The monoisotopic (exact) mass is 730 g/mol. The second kappa shape index (κ2) is 20.3. The van der Waals surface area contributed by atoms with Gasteiger partial charge in [-0.2, -0.15) is 8.42 Å². The van der Waals surface area contributed by atoms with Gasteiger partial charge in [0, 0.05) is 59.7 Å². The predicted molar refractivity (Wildman–Crippen MR) is 206 cm³/mol. The first-order valence-corrected chi connectivity index (χ1v) is 18.9. The minimum absolute atomic E-state index is 0.122. The number of carbonyl (C=O) groups excluding carboxylic acids is 1. The van der Waals surface area contributed by atoms with Crippen LogP contribution in [-0.2, 0) is 17.0 Å². The Morgan fingerprint density at radius 3 is 2.14 bits per heavy atom. The summed E-state index contributed by atoms with van der Waals surface area (Å²) in [5.41, 5.74) is 3.35. The highest BCUT2D eigenvalue weighted by Crippen LogP contribution is 2.27. The summed E-state index contributed by atoms with van der Waals surface area (Å²) in [5.74, 6) is 0.111. The first-order chi connectivity index (χ1) is 24.6. The zero-order chi connectivity index (χ0) is 36.6. The van der Waals surface area contributed by atoms with Gasteiger partial charge in [-0.15, -0.1) is 11.8 Å². The van der Waals surface area contributed by atoms with Crippen LogP contribution < -0.4 is 10.2 Å². The van der Waals surface area contributed by atoms with E-state index >= 15 is 0 Å². The van der Waals surface area contributed by atoms with Gasteiger partial charge in [-0.1, -0.05) is 65.0 Å². The van der Waals surface area contributed by atoms with Crippen LogP contribution in [0.5, 0.6) is 0 Å². The summed E-state index contributed by atoms with van der Waals surface area (Å²) in [6, 6.07) is 35.2. The number of carbonyl (C=O) groups is 1. The fraction of sp³-hybridized carbons (Fsp3) is 0.342. The van der Waals surface area contributed by atoms with Crippen molar-refractivity contribution in [2.75, 3.05) is 56.7 Å². The Hall–Kier alpha value is -4.56. The van der Waals surface area contributed by atoms with Gasteiger partial charge in [-0.3, -0.25) is 19.8 Å². The highest BCUT2D eigenvalue weighted by Gasteiger charge is 2.23. The Kier molecular flexibility index (Phi) is 15.6. The molecule has 4 aromatic rings. The fourth-order valence-corrected chi connectivity index (χ4v) is 7.03. The normalized spacial score (nSPS) is 13.6. The van der Waals surface area contributed by atoms with E-state index in [9.17, 15) is 23.3 Å². The lowest BCUT2D eigenvalue weighted by molar-refractivity contribution is -0.384. The third-order valence-corrected chi connectivity index (χ3v) is 10.1. The Labute approximate surface area is 306 Å². The molecule has 270 valence electrons. The van der Waals surface area contributed by atoms with Crippen LogP contribution in [0.15, 0.2) is 118 Å². The first kappa shape index (κ1) is 39.2. The van der Waals surface area contributed by atoms with Crippen molar-refractivity contribution >= 4 is 45.2 Å². The van der Waals surface area contributed by atoms with Crippen molar-refractivity contribution in [3.63, 3.8) is 0 Å². The van der Waals surface area contributed by atoms with Gasteiger partial charge < -0.3 is 15.1 Å². The molecule has 0 spiro atoms. The van der Waals surface area contributed by atoms with Crippen molar-refractivity contribution in [1.29, 1.82) is 0 Å². The Morgan fingerprint density at radius 1 is 0.922 bits per heavy atom. The van der Waals surface area contributed by atoms with Crippen LogP contribution in [0.3, 0.4) is 0 Å². The van der Waals surface area contributed by atoms with E-state index in [2.05, 4.69) is 67.8 Å². The molecule has 5 rings (SSSR count). The quantitative estimate of drug-likeness (QED) is 0.0815. The van der Waals surface area contributed by atoms with E-state index in [1.54, 1.807) is 36.0 Å². The van der Waals surface area contributed by atoms with Gasteiger partial charge in [0.05, 0.1) is 4.92 Å². The highest BCUT2D eigenvalue weighted by molar-refractivity contribution is 7.99. The number of anilines is 2. The van der Waals surface area contributed by atoms with Crippen LogP contribution >= 0.6 is 11.8 Å². The number of thioether (sulfide) groups is 1. The largest absolute Gasteiger partial charge is 0.376 e. The Balaban J connectivity index is 0.000000230. The number of nitro benzene ring substituents is 1. The highest BCUT2D eigenvalue weighted by atomic mass is 32.2. The van der Waals surface area contributed by atoms with Crippen molar-refractivity contribution in [2.45, 2.75) is 42.8 Å². The zero-order valence-corrected chi connectivity index (χ0v) is 30.9. The molecule has 0 saturated carbocycles. The van der Waals surface area contributed by atoms with E-state index in [0.29, 0.717) is 11.7 Å². The Morgan fingerprint density at radius 2 is 1.53 bits per heavy atom. The minimum Gasteiger partial charge on any atom is -0.376 e. The maximum atomic E-state index is 11.6. The van der Waals surface area contributed by atoms with Crippen molar-refractivity contribution < 1.29 is 18.1 Å². The number of amides is 1. The Bertz CT molecular complexity index is 1810. The van der Waals surface area contributed by atoms with E-state index in [0.717, 1.165) is 56.9 Å². The average Bonchev–Trinajstić information content (AvgIpc) is 3.14. The molecule has 1 saturated heterocycles. The summed E-state index contributed by atoms with van der Waals surface area (Å²) in [6.07, 6.45) is 3.07. The molecule has 1 aliphatic heterocycles. The second-order valence-electron chi connectivity index (χ2n) is 12.6. The van der Waals surface area contributed by atoms with Crippen LogP contribution in [0.1, 0.15) is 35.2 Å². The molecule has 0 aromatic heterocycles. The lowest BCUT2D eigenvalue weighted by Gasteiger charge is -2.38. The lowest BCUT2D eigenvalue weighted by atomic mass is 10.0. The van der Waals surface area contributed by atoms with E-state index in [1.807, 2.05) is 56.6 Å². The number of nitrogens with zero attached hydrogens (tertiary/aromatic N) is 5. The lowest BCUT2D eigenvalue weighted by Crippen LogP contribution is -2.43. The van der Waals surface area contributed by atoms with Gasteiger partial charge in [0.1, 0.15) is 5.69 Å². The third-order valence-electron chi connectivity index (χ3n) is 8.58. The molecule has 11 nitrogen and oxygen atoms in total. The molecule has 1 atom stereocenters. The van der Waals surface area contributed by atoms with Crippen molar-refractivity contribution in [3.8, 4) is 0 Å². The zero-order valence-electron chi connectivity index (χ0n) is 29.3. The fourth-order valence-electron chi connectivity index (χ4n) is 5.80. The molecule has 1 amide bonds. The van der Waals surface area contributed by atoms with E-state index in [-0.39, 0.29) is 22.2 Å². The number of hydrogen-bond acceptors (Lipinski definition) is 10. The van der Waals surface area contributed by atoms with E-state index < -0.39 is 16.4 Å². The van der Waals surface area contributed by atoms with Crippen molar-refractivity contribution in [2.24, 2.45) is 4.36 Å². The third kappa shape index (κ3) is 13.3. The SMILES string of the molecule is CN(C)CCC(CSc1ccccc1)Nc1ccccc1[N+](=O)[O-].CN(Cc1ccccc1)C1CCN(c2ccc(C(=O)N=S(=O)=O)cc2)CC1. The van der Waals surface area contributed by atoms with Crippen molar-refractivity contribution in [3.05, 3.63) is 130 Å². The molecule has 1 aliphatic rings. The average molecular weight is 731 g/mol. The number of piperidine rings is 1. The predicted octanol–water partition coefficient (Wildman–Crippen LogP) is 7.11. The van der Waals surface area contributed by atoms with E-state index in [4.69, 9.17) is 0 Å². The molecular formula is C38H46N6O5S2. The molecule has 0 radical (unpaired) electrons. The molecule has 13 heteroatoms. The summed E-state index contributed by atoms with van der Waals surface area (Å²) in [6.45, 7) is 3.78. The van der Waals surface area contributed by atoms with Gasteiger partial charge in [-0.25, -0.2) is 0 Å². The van der Waals surface area contributed by atoms with Crippen LogP contribution in [0.25, 0.3) is 0 Å². The number of para-hydroxylation sites is 2. The van der Waals surface area contributed by atoms with Crippen LogP contribution in [0.2, 0.25) is 0 Å². The summed E-state index contributed by atoms with van der Waals surface area (Å²) >= 11 is 1.76. The number of nitrogens with one attached hydrogen (secondary N) is 1. The smallest absolute Gasteiger partial charge is 0.319 e. The van der Waals surface area contributed by atoms with Crippen LogP contribution in [0.4, 0.5) is 17.1 Å². The first-order valence-electron chi connectivity index (χ1n) is 16.9. The molecule has 1 heterocycles. The number of benzene rings is 4. The summed E-state index contributed by atoms with van der Waals surface area (Å²) < 4.78 is 24.0. The van der Waals surface area contributed by atoms with Crippen molar-refractivity contribution in [1.82, 2.24) is 9.80 Å². The standard InChI is InChI=1S/C20H23N3O3S.C18H23N3O2S/c1-22(15-16-5-3-2-4-6-16)18-11-13-23(14-12-18)19-9-7-17(8-10-19)20(24)21-27(25)26;1-20(2)13-12-15(14-24-16-8-4-3-5-9-16)19-17-10-6-7-11-18(17)21(22)23/h2-10,18H,11-15H2,1H3;3-11,15,19H,12-14H2,1-2H3. The number of rotatable bonds is 14. The maximum absolute atomic E-state index is 11.6. The summed E-state index contributed by atoms with van der Waals surface area (Å²) in [5, 5.41) is 14.6. The van der Waals surface area contributed by atoms with Gasteiger partial charge in [0.15, 0.2) is 0 Å². The van der Waals surface area contributed by atoms with Crippen LogP contribution in [-0.4, -0.2) is 87.7 Å². The molecule has 1 fully saturated rings. The molecule has 51 heavy (non-hydrogen) atoms. The maximum Gasteiger partial charge on any atom is 0.319 e. The topological polar surface area (TPSA) is 128 Å². The summed E-state index contributed by atoms with van der Waals surface area (Å²) in [7, 11) is 3.53. The minimum atomic E-state index is -2.72. The molecule has 4 aromatic carbocycles.